The lowest BCUT2D eigenvalue weighted by molar-refractivity contribution is 0.0292. The first-order chi connectivity index (χ1) is 11.8. The highest BCUT2D eigenvalue weighted by atomic mass is 16.6. The summed E-state index contributed by atoms with van der Waals surface area (Å²) in [6.45, 7) is 15.6. The van der Waals surface area contributed by atoms with Crippen molar-refractivity contribution in [3.8, 4) is 0 Å². The van der Waals surface area contributed by atoms with E-state index in [2.05, 4.69) is 10.5 Å². The molecule has 0 aromatic carbocycles. The second-order valence-electron chi connectivity index (χ2n) is 8.68. The first-order valence-corrected chi connectivity index (χ1v) is 8.94. The number of amides is 2. The Morgan fingerprint density at radius 2 is 1.73 bits per heavy atom. The highest BCUT2D eigenvalue weighted by molar-refractivity contribution is 5.94. The zero-order valence-electron chi connectivity index (χ0n) is 17.2. The van der Waals surface area contributed by atoms with E-state index in [1.165, 1.54) is 0 Å². The molecule has 0 aromatic heterocycles. The second-order valence-corrected chi connectivity index (χ2v) is 8.68. The van der Waals surface area contributed by atoms with Gasteiger partial charge >= 0.3 is 12.2 Å². The molecular weight excluding hydrogens is 338 g/mol. The van der Waals surface area contributed by atoms with Crippen LogP contribution in [-0.2, 0) is 14.3 Å². The number of oxime groups is 1. The molecule has 0 aliphatic carbocycles. The molecule has 1 saturated heterocycles. The monoisotopic (exact) mass is 371 g/mol. The quantitative estimate of drug-likeness (QED) is 0.767. The van der Waals surface area contributed by atoms with E-state index >= 15 is 0 Å². The number of ether oxygens (including phenoxy) is 2. The normalized spacial score (nSPS) is 19.7. The van der Waals surface area contributed by atoms with E-state index in [4.69, 9.17) is 14.3 Å². The van der Waals surface area contributed by atoms with Crippen molar-refractivity contribution in [2.75, 3.05) is 19.6 Å². The molecule has 26 heavy (non-hydrogen) atoms. The summed E-state index contributed by atoms with van der Waals surface area (Å²) in [6, 6.07) is 0. The van der Waals surface area contributed by atoms with E-state index in [0.29, 0.717) is 25.3 Å². The van der Waals surface area contributed by atoms with Crippen LogP contribution in [0.25, 0.3) is 0 Å². The van der Waals surface area contributed by atoms with Crippen LogP contribution in [0, 0.1) is 5.92 Å². The zero-order chi connectivity index (χ0) is 20.1. The average molecular weight is 371 g/mol. The predicted molar refractivity (Wildman–Crippen MR) is 99.2 cm³/mol. The molecule has 2 amide bonds. The van der Waals surface area contributed by atoms with Crippen LogP contribution in [0.4, 0.5) is 9.59 Å². The lowest BCUT2D eigenvalue weighted by Crippen LogP contribution is -2.38. The lowest BCUT2D eigenvalue weighted by atomic mass is 10.1. The van der Waals surface area contributed by atoms with E-state index in [1.54, 1.807) is 25.7 Å². The van der Waals surface area contributed by atoms with Crippen molar-refractivity contribution in [1.82, 2.24) is 10.2 Å². The highest BCUT2D eigenvalue weighted by Crippen LogP contribution is 2.18. The van der Waals surface area contributed by atoms with E-state index < -0.39 is 23.4 Å². The summed E-state index contributed by atoms with van der Waals surface area (Å²) in [6.07, 6.45) is -0.982. The molecule has 0 bridgehead atoms. The van der Waals surface area contributed by atoms with Gasteiger partial charge in [0.05, 0.1) is 12.3 Å². The minimum atomic E-state index is -0.574. The fourth-order valence-electron chi connectivity index (χ4n) is 2.21. The largest absolute Gasteiger partial charge is 0.444 e. The molecule has 150 valence electrons. The van der Waals surface area contributed by atoms with Gasteiger partial charge < -0.3 is 24.5 Å². The Kier molecular flexibility index (Phi) is 7.29. The van der Waals surface area contributed by atoms with Crippen molar-refractivity contribution < 1.29 is 23.9 Å². The summed E-state index contributed by atoms with van der Waals surface area (Å²) in [5.41, 5.74) is -0.448. The number of carbonyl (C=O) groups is 2. The smallest absolute Gasteiger partial charge is 0.410 e. The Balaban J connectivity index is 2.74. The fraction of sp³-hybridized carbons (Fsp3) is 0.833. The van der Waals surface area contributed by atoms with Gasteiger partial charge in [0.15, 0.2) is 0 Å². The molecule has 1 fully saturated rings. The molecule has 8 nitrogen and oxygen atoms in total. The SMILES string of the molecule is CC(C)O/N=C1\CN(C(=O)OC(C)(C)C)CC1CNC(=O)OC(C)(C)C. The number of alkyl carbamates (subject to hydrolysis) is 1. The molecule has 1 heterocycles. The molecule has 1 atom stereocenters. The molecule has 0 aromatic rings. The van der Waals surface area contributed by atoms with Gasteiger partial charge in [0.1, 0.15) is 17.3 Å². The van der Waals surface area contributed by atoms with Gasteiger partial charge in [-0.1, -0.05) is 5.16 Å². The molecule has 1 rings (SSSR count). The van der Waals surface area contributed by atoms with Crippen molar-refractivity contribution >= 4 is 17.9 Å². The van der Waals surface area contributed by atoms with E-state index in [1.807, 2.05) is 34.6 Å². The summed E-state index contributed by atoms with van der Waals surface area (Å²) in [5.74, 6) is -0.159. The first-order valence-electron chi connectivity index (χ1n) is 8.94. The summed E-state index contributed by atoms with van der Waals surface area (Å²) >= 11 is 0. The minimum Gasteiger partial charge on any atom is -0.444 e. The fourth-order valence-corrected chi connectivity index (χ4v) is 2.21. The van der Waals surface area contributed by atoms with Crippen molar-refractivity contribution in [2.24, 2.45) is 11.1 Å². The predicted octanol–water partition coefficient (Wildman–Crippen LogP) is 3.16. The molecule has 0 saturated carbocycles. The molecule has 1 aliphatic rings. The van der Waals surface area contributed by atoms with Gasteiger partial charge in [0.2, 0.25) is 0 Å². The highest BCUT2D eigenvalue weighted by Gasteiger charge is 2.35. The molecule has 1 aliphatic heterocycles. The van der Waals surface area contributed by atoms with Gasteiger partial charge in [-0.2, -0.15) is 0 Å². The van der Waals surface area contributed by atoms with E-state index in [9.17, 15) is 9.59 Å². The van der Waals surface area contributed by atoms with Crippen LogP contribution in [0.5, 0.6) is 0 Å². The van der Waals surface area contributed by atoms with Crippen LogP contribution in [0.3, 0.4) is 0 Å². The lowest BCUT2D eigenvalue weighted by Gasteiger charge is -2.24. The van der Waals surface area contributed by atoms with Crippen LogP contribution in [-0.4, -0.2) is 59.7 Å². The summed E-state index contributed by atoms with van der Waals surface area (Å²) < 4.78 is 10.7. The number of rotatable bonds is 4. The Labute approximate surface area is 156 Å². The van der Waals surface area contributed by atoms with Crippen LogP contribution in [0.2, 0.25) is 0 Å². The number of likely N-dealkylation sites (tertiary alicyclic amines) is 1. The third kappa shape index (κ3) is 8.40. The van der Waals surface area contributed by atoms with Gasteiger partial charge in [0.25, 0.3) is 0 Å². The van der Waals surface area contributed by atoms with Gasteiger partial charge in [-0.15, -0.1) is 0 Å². The van der Waals surface area contributed by atoms with Crippen LogP contribution in [0.15, 0.2) is 5.16 Å². The third-order valence-corrected chi connectivity index (χ3v) is 3.19. The standard InChI is InChI=1S/C18H33N3O5/c1-12(2)26-20-14-11-21(16(23)25-18(6,7)8)10-13(14)9-19-15(22)24-17(3,4)5/h12-13H,9-11H2,1-8H3,(H,19,22)/b20-14+. The van der Waals surface area contributed by atoms with Crippen LogP contribution < -0.4 is 5.32 Å². The van der Waals surface area contributed by atoms with E-state index in [0.717, 1.165) is 0 Å². The van der Waals surface area contributed by atoms with Crippen molar-refractivity contribution in [3.63, 3.8) is 0 Å². The molecule has 1 unspecified atom stereocenters. The molecule has 0 radical (unpaired) electrons. The van der Waals surface area contributed by atoms with Crippen LogP contribution >= 0.6 is 0 Å². The first kappa shape index (κ1) is 22.1. The Hall–Kier alpha value is -1.99. The zero-order valence-corrected chi connectivity index (χ0v) is 17.2. The average Bonchev–Trinajstić information content (AvgIpc) is 2.82. The molecular formula is C18H33N3O5. The Bertz CT molecular complexity index is 532. The Morgan fingerprint density at radius 3 is 2.23 bits per heavy atom. The molecule has 0 spiro atoms. The molecule has 1 N–H and O–H groups in total. The van der Waals surface area contributed by atoms with Crippen molar-refractivity contribution in [1.29, 1.82) is 0 Å². The van der Waals surface area contributed by atoms with Crippen molar-refractivity contribution in [3.05, 3.63) is 0 Å². The topological polar surface area (TPSA) is 89.5 Å². The third-order valence-electron chi connectivity index (χ3n) is 3.19. The number of carbonyl (C=O) groups excluding carboxylic acids is 2. The maximum absolute atomic E-state index is 12.3. The van der Waals surface area contributed by atoms with E-state index in [-0.39, 0.29) is 12.0 Å². The van der Waals surface area contributed by atoms with Gasteiger partial charge in [-0.25, -0.2) is 9.59 Å². The second kappa shape index (κ2) is 8.60. The maximum atomic E-state index is 12.3. The maximum Gasteiger partial charge on any atom is 0.410 e. The number of hydrogen-bond donors (Lipinski definition) is 1. The van der Waals surface area contributed by atoms with Crippen molar-refractivity contribution in [2.45, 2.75) is 72.7 Å². The number of hydrogen-bond acceptors (Lipinski definition) is 6. The van der Waals surface area contributed by atoms with Gasteiger partial charge in [-0.3, -0.25) is 0 Å². The number of nitrogens with one attached hydrogen (secondary N) is 1. The Morgan fingerprint density at radius 1 is 1.15 bits per heavy atom. The van der Waals surface area contributed by atoms with Gasteiger partial charge in [0, 0.05) is 19.0 Å². The summed E-state index contributed by atoms with van der Waals surface area (Å²) in [7, 11) is 0. The van der Waals surface area contributed by atoms with Gasteiger partial charge in [-0.05, 0) is 55.4 Å². The van der Waals surface area contributed by atoms with Crippen LogP contribution in [0.1, 0.15) is 55.4 Å². The minimum absolute atomic E-state index is 0.0717. The summed E-state index contributed by atoms with van der Waals surface area (Å²) in [5, 5.41) is 6.89. The summed E-state index contributed by atoms with van der Waals surface area (Å²) in [4.78, 5) is 31.1. The number of nitrogens with zero attached hydrogens (tertiary/aromatic N) is 2. The molecule has 8 heteroatoms.